The molecule has 4 aromatic carbocycles. The van der Waals surface area contributed by atoms with Crippen LogP contribution in [0.1, 0.15) is 253 Å². The van der Waals surface area contributed by atoms with Gasteiger partial charge in [-0.3, -0.25) is 0 Å². The van der Waals surface area contributed by atoms with Gasteiger partial charge in [0.15, 0.2) is 0 Å². The second-order valence-corrected chi connectivity index (χ2v) is 19.7. The fraction of sp³-hybridized carbons (Fsp3) is 0.581. The van der Waals surface area contributed by atoms with E-state index in [9.17, 15) is 0 Å². The van der Waals surface area contributed by atoms with Gasteiger partial charge in [-0.2, -0.15) is 0 Å². The highest BCUT2D eigenvalue weighted by Gasteiger charge is 2.32. The molecule has 0 amide bonds. The molecule has 0 radical (unpaired) electrons. The normalized spacial score (nSPS) is 13.7. The number of benzene rings is 4. The Labute approximate surface area is 382 Å². The summed E-state index contributed by atoms with van der Waals surface area (Å²) >= 11 is 0. The predicted octanol–water partition coefficient (Wildman–Crippen LogP) is 20.3. The molecule has 6 rings (SSSR count). The zero-order chi connectivity index (χ0) is 42.9. The lowest BCUT2D eigenvalue weighted by Gasteiger charge is -2.13. The Bertz CT molecular complexity index is 1750. The second-order valence-electron chi connectivity index (χ2n) is 19.7. The van der Waals surface area contributed by atoms with Crippen LogP contribution in [0.25, 0.3) is 33.4 Å². The molecule has 2 aliphatic carbocycles. The van der Waals surface area contributed by atoms with Gasteiger partial charge in [0.2, 0.25) is 0 Å². The molecule has 0 saturated heterocycles. The Hall–Kier alpha value is -3.38. The first-order valence-corrected chi connectivity index (χ1v) is 27.0. The summed E-state index contributed by atoms with van der Waals surface area (Å²) in [5.74, 6) is 0. The largest absolute Gasteiger partial charge is 0.0654 e. The standard InChI is InChI=1S/C62H88/c1-3-5-7-9-11-13-15-17-19-21-23-25-27-29-31-33-39-51-45-47-55-53-41-35-37-43-57(53)61(59(55)49-51)62-58-44-38-36-42-54(58)56-48-46-52(50-60(56)62)40-34-32-30-28-26-24-22-20-18-16-14-12-10-8-6-4-2/h35-38,41-50H,3-34,39-40H2,1-2H3. The number of hydrogen-bond donors (Lipinski definition) is 0. The van der Waals surface area contributed by atoms with Crippen LogP contribution in [0, 0.1) is 0 Å². The van der Waals surface area contributed by atoms with Gasteiger partial charge in [0, 0.05) is 0 Å². The maximum Gasteiger partial charge on any atom is -0.00138 e. The van der Waals surface area contributed by atoms with Gasteiger partial charge < -0.3 is 0 Å². The second kappa shape index (κ2) is 28.4. The summed E-state index contributed by atoms with van der Waals surface area (Å²) in [6.45, 7) is 4.62. The molecule has 0 unspecified atom stereocenters. The van der Waals surface area contributed by atoms with Gasteiger partial charge in [0.05, 0.1) is 0 Å². The summed E-state index contributed by atoms with van der Waals surface area (Å²) < 4.78 is 0. The molecule has 0 nitrogen and oxygen atoms in total. The molecule has 0 aromatic heterocycles. The summed E-state index contributed by atoms with van der Waals surface area (Å²) in [5, 5.41) is 0. The Morgan fingerprint density at radius 2 is 0.468 bits per heavy atom. The van der Waals surface area contributed by atoms with E-state index in [-0.39, 0.29) is 0 Å². The molecule has 0 heteroatoms. The van der Waals surface area contributed by atoms with Crippen LogP contribution in [0.4, 0.5) is 0 Å². The fourth-order valence-corrected chi connectivity index (χ4v) is 10.8. The zero-order valence-corrected chi connectivity index (χ0v) is 40.1. The van der Waals surface area contributed by atoms with E-state index in [2.05, 4.69) is 98.8 Å². The molecule has 0 aliphatic heterocycles. The van der Waals surface area contributed by atoms with Crippen molar-refractivity contribution in [1.82, 2.24) is 0 Å². The molecule has 0 bridgehead atoms. The monoisotopic (exact) mass is 833 g/mol. The number of hydrogen-bond acceptors (Lipinski definition) is 0. The molecule has 0 atom stereocenters. The van der Waals surface area contributed by atoms with Gasteiger partial charge in [0.1, 0.15) is 0 Å². The maximum absolute atomic E-state index is 2.57. The first-order valence-electron chi connectivity index (χ1n) is 27.0. The van der Waals surface area contributed by atoms with Crippen LogP contribution < -0.4 is 0 Å². The quantitative estimate of drug-likeness (QED) is 0.0355. The number of aryl methyl sites for hydroxylation is 2. The van der Waals surface area contributed by atoms with Crippen LogP contribution in [0.5, 0.6) is 0 Å². The van der Waals surface area contributed by atoms with Crippen LogP contribution in [0.2, 0.25) is 0 Å². The van der Waals surface area contributed by atoms with E-state index in [1.165, 1.54) is 285 Å². The fourth-order valence-electron chi connectivity index (χ4n) is 10.8. The van der Waals surface area contributed by atoms with E-state index in [4.69, 9.17) is 0 Å². The summed E-state index contributed by atoms with van der Waals surface area (Å²) in [4.78, 5) is 0. The topological polar surface area (TPSA) is 0 Å². The molecule has 2 aliphatic rings. The van der Waals surface area contributed by atoms with Gasteiger partial charge in [0.25, 0.3) is 0 Å². The molecule has 0 fully saturated rings. The van der Waals surface area contributed by atoms with E-state index >= 15 is 0 Å². The van der Waals surface area contributed by atoms with Crippen LogP contribution in [0.3, 0.4) is 0 Å². The van der Waals surface area contributed by atoms with Gasteiger partial charge in [-0.1, -0.05) is 291 Å². The van der Waals surface area contributed by atoms with Crippen LogP contribution in [-0.2, 0) is 12.8 Å². The van der Waals surface area contributed by atoms with Crippen molar-refractivity contribution in [1.29, 1.82) is 0 Å². The average Bonchev–Trinajstić information content (AvgIpc) is 3.79. The summed E-state index contributed by atoms with van der Waals surface area (Å²) in [5.41, 5.74) is 17.2. The first-order chi connectivity index (χ1) is 30.8. The summed E-state index contributed by atoms with van der Waals surface area (Å²) in [7, 11) is 0. The third kappa shape index (κ3) is 14.8. The summed E-state index contributed by atoms with van der Waals surface area (Å²) in [6, 6.07) is 33.3. The molecule has 0 spiro atoms. The number of fused-ring (bicyclic) bond motifs is 6. The molecule has 336 valence electrons. The van der Waals surface area contributed by atoms with E-state index < -0.39 is 0 Å². The van der Waals surface area contributed by atoms with Gasteiger partial charge >= 0.3 is 0 Å². The SMILES string of the molecule is CCCCCCCCCCCCCCCCCCc1ccc2c(c1)C(=C1c3ccccc3-c3ccc(CCCCCCCCCCCCCCCCCC)cc31)c1ccccc1-2. The Balaban J connectivity index is 0.976. The third-order valence-corrected chi connectivity index (χ3v) is 14.6. The molecular weight excluding hydrogens is 745 g/mol. The van der Waals surface area contributed by atoms with Crippen molar-refractivity contribution in [3.8, 4) is 22.3 Å². The number of rotatable bonds is 34. The lowest BCUT2D eigenvalue weighted by molar-refractivity contribution is 0.529. The predicted molar refractivity (Wildman–Crippen MR) is 275 cm³/mol. The van der Waals surface area contributed by atoms with Crippen LogP contribution >= 0.6 is 0 Å². The molecule has 4 aromatic rings. The molecule has 0 N–H and O–H groups in total. The highest BCUT2D eigenvalue weighted by atomic mass is 14.3. The third-order valence-electron chi connectivity index (χ3n) is 14.6. The van der Waals surface area contributed by atoms with E-state index in [1.54, 1.807) is 0 Å². The van der Waals surface area contributed by atoms with Crippen molar-refractivity contribution in [3.05, 3.63) is 118 Å². The van der Waals surface area contributed by atoms with Crippen LogP contribution in [0.15, 0.2) is 84.9 Å². The maximum atomic E-state index is 2.57. The Morgan fingerprint density at radius 1 is 0.226 bits per heavy atom. The van der Waals surface area contributed by atoms with Crippen molar-refractivity contribution >= 4 is 11.1 Å². The lowest BCUT2D eigenvalue weighted by Crippen LogP contribution is -1.94. The molecule has 0 heterocycles. The van der Waals surface area contributed by atoms with Crippen molar-refractivity contribution < 1.29 is 0 Å². The van der Waals surface area contributed by atoms with Crippen molar-refractivity contribution in [2.45, 2.75) is 232 Å². The van der Waals surface area contributed by atoms with E-state index in [0.717, 1.165) is 0 Å². The number of unbranched alkanes of at least 4 members (excludes halogenated alkanes) is 30. The summed E-state index contributed by atoms with van der Waals surface area (Å²) in [6.07, 6.45) is 47.8. The minimum absolute atomic E-state index is 1.18. The average molecular weight is 833 g/mol. The van der Waals surface area contributed by atoms with E-state index in [1.807, 2.05) is 0 Å². The lowest BCUT2D eigenvalue weighted by atomic mass is 9.90. The Morgan fingerprint density at radius 3 is 0.758 bits per heavy atom. The molecular formula is C62H88. The van der Waals surface area contributed by atoms with Gasteiger partial charge in [-0.05, 0) is 92.5 Å². The van der Waals surface area contributed by atoms with Gasteiger partial charge in [-0.25, -0.2) is 0 Å². The smallest absolute Gasteiger partial charge is 0.00138 e. The van der Waals surface area contributed by atoms with Gasteiger partial charge in [-0.15, -0.1) is 0 Å². The minimum Gasteiger partial charge on any atom is -0.0654 e. The molecule has 0 saturated carbocycles. The Kier molecular flexibility index (Phi) is 22.0. The van der Waals surface area contributed by atoms with Crippen molar-refractivity contribution in [2.24, 2.45) is 0 Å². The van der Waals surface area contributed by atoms with Crippen LogP contribution in [-0.4, -0.2) is 0 Å². The highest BCUT2D eigenvalue weighted by Crippen LogP contribution is 2.54. The minimum atomic E-state index is 1.18. The highest BCUT2D eigenvalue weighted by molar-refractivity contribution is 6.18. The van der Waals surface area contributed by atoms with E-state index in [0.29, 0.717) is 0 Å². The zero-order valence-electron chi connectivity index (χ0n) is 40.1. The van der Waals surface area contributed by atoms with Crippen molar-refractivity contribution in [3.63, 3.8) is 0 Å². The van der Waals surface area contributed by atoms with Crippen molar-refractivity contribution in [2.75, 3.05) is 0 Å². The first kappa shape index (κ1) is 48.1. The molecule has 62 heavy (non-hydrogen) atoms.